The summed E-state index contributed by atoms with van der Waals surface area (Å²) in [6.45, 7) is 4.00. The van der Waals surface area contributed by atoms with Gasteiger partial charge >= 0.3 is 0 Å². The molecule has 94 valence electrons. The van der Waals surface area contributed by atoms with Gasteiger partial charge in [0.2, 0.25) is 0 Å². The Morgan fingerprint density at radius 2 is 1.67 bits per heavy atom. The molecule has 2 unspecified atom stereocenters. The van der Waals surface area contributed by atoms with Crippen molar-refractivity contribution in [3.63, 3.8) is 0 Å². The van der Waals surface area contributed by atoms with E-state index in [2.05, 4.69) is 11.9 Å². The zero-order chi connectivity index (χ0) is 13.0. The van der Waals surface area contributed by atoms with Crippen molar-refractivity contribution in [2.24, 2.45) is 5.73 Å². The molecule has 1 heterocycles. The Bertz CT molecular complexity index is 480. The number of hydrogen-bond donors (Lipinski definition) is 1. The van der Waals surface area contributed by atoms with E-state index in [0.717, 1.165) is 11.3 Å². The van der Waals surface area contributed by atoms with Crippen LogP contribution in [-0.2, 0) is 0 Å². The highest BCUT2D eigenvalue weighted by atomic mass is 16.5. The maximum absolute atomic E-state index is 6.00. The summed E-state index contributed by atoms with van der Waals surface area (Å²) in [5, 5.41) is 0. The zero-order valence-electron chi connectivity index (χ0n) is 10.7. The predicted octanol–water partition coefficient (Wildman–Crippen LogP) is 2.86. The van der Waals surface area contributed by atoms with Crippen LogP contribution in [0.25, 0.3) is 0 Å². The van der Waals surface area contributed by atoms with Crippen LogP contribution in [-0.4, -0.2) is 11.0 Å². The van der Waals surface area contributed by atoms with Gasteiger partial charge in [0.25, 0.3) is 0 Å². The molecule has 0 radical (unpaired) electrons. The second-order valence-corrected chi connectivity index (χ2v) is 4.49. The van der Waals surface area contributed by atoms with Crippen molar-refractivity contribution >= 4 is 0 Å². The number of nitrogens with zero attached hydrogens (tertiary/aromatic N) is 1. The summed E-state index contributed by atoms with van der Waals surface area (Å²) >= 11 is 0. The Morgan fingerprint density at radius 1 is 1.06 bits per heavy atom. The lowest BCUT2D eigenvalue weighted by Gasteiger charge is -2.22. The van der Waals surface area contributed by atoms with Gasteiger partial charge in [-0.1, -0.05) is 17.7 Å². The molecular formula is C15H18N2O. The van der Waals surface area contributed by atoms with Crippen LogP contribution in [0.4, 0.5) is 0 Å². The lowest BCUT2D eigenvalue weighted by molar-refractivity contribution is 0.180. The number of benzene rings is 1. The smallest absolute Gasteiger partial charge is 0.139 e. The van der Waals surface area contributed by atoms with Crippen LogP contribution < -0.4 is 10.5 Å². The standard InChI is InChI=1S/C15H18N2O/c1-11-3-5-14(6-4-11)18-15(12(2)16)13-7-9-17-10-8-13/h3-10,12,15H,16H2,1-2H3. The van der Waals surface area contributed by atoms with Crippen LogP contribution in [0.2, 0.25) is 0 Å². The molecule has 2 atom stereocenters. The molecule has 2 N–H and O–H groups in total. The van der Waals surface area contributed by atoms with E-state index >= 15 is 0 Å². The van der Waals surface area contributed by atoms with Gasteiger partial charge < -0.3 is 10.5 Å². The summed E-state index contributed by atoms with van der Waals surface area (Å²) in [4.78, 5) is 4.01. The van der Waals surface area contributed by atoms with E-state index in [-0.39, 0.29) is 12.1 Å². The molecular weight excluding hydrogens is 224 g/mol. The Balaban J connectivity index is 2.19. The molecule has 2 rings (SSSR count). The van der Waals surface area contributed by atoms with E-state index in [1.807, 2.05) is 43.3 Å². The Morgan fingerprint density at radius 3 is 2.22 bits per heavy atom. The van der Waals surface area contributed by atoms with Crippen molar-refractivity contribution in [3.8, 4) is 5.75 Å². The summed E-state index contributed by atoms with van der Waals surface area (Å²) in [6.07, 6.45) is 3.35. The Kier molecular flexibility index (Phi) is 3.95. The van der Waals surface area contributed by atoms with Gasteiger partial charge in [-0.05, 0) is 43.7 Å². The summed E-state index contributed by atoms with van der Waals surface area (Å²) in [7, 11) is 0. The highest BCUT2D eigenvalue weighted by Crippen LogP contribution is 2.23. The van der Waals surface area contributed by atoms with Gasteiger partial charge in [0.1, 0.15) is 11.9 Å². The maximum Gasteiger partial charge on any atom is 0.139 e. The monoisotopic (exact) mass is 242 g/mol. The summed E-state index contributed by atoms with van der Waals surface area (Å²) in [5.41, 5.74) is 8.25. The number of nitrogens with two attached hydrogens (primary N) is 1. The number of aromatic nitrogens is 1. The fraction of sp³-hybridized carbons (Fsp3) is 0.267. The van der Waals surface area contributed by atoms with Crippen LogP contribution in [0, 0.1) is 6.92 Å². The fourth-order valence-electron chi connectivity index (χ4n) is 1.80. The van der Waals surface area contributed by atoms with Gasteiger partial charge in [-0.2, -0.15) is 0 Å². The maximum atomic E-state index is 6.00. The highest BCUT2D eigenvalue weighted by Gasteiger charge is 2.17. The summed E-state index contributed by atoms with van der Waals surface area (Å²) < 4.78 is 5.96. The molecule has 0 spiro atoms. The van der Waals surface area contributed by atoms with Gasteiger partial charge in [0, 0.05) is 18.4 Å². The minimum Gasteiger partial charge on any atom is -0.484 e. The number of pyridine rings is 1. The largest absolute Gasteiger partial charge is 0.484 e. The quantitative estimate of drug-likeness (QED) is 0.896. The van der Waals surface area contributed by atoms with Crippen LogP contribution in [0.15, 0.2) is 48.8 Å². The second kappa shape index (κ2) is 5.65. The molecule has 0 aliphatic heterocycles. The van der Waals surface area contributed by atoms with E-state index in [0.29, 0.717) is 0 Å². The van der Waals surface area contributed by atoms with E-state index < -0.39 is 0 Å². The minimum atomic E-state index is -0.157. The average Bonchev–Trinajstić information content (AvgIpc) is 2.38. The minimum absolute atomic E-state index is 0.0892. The van der Waals surface area contributed by atoms with Gasteiger partial charge in [0.15, 0.2) is 0 Å². The van der Waals surface area contributed by atoms with Crippen molar-refractivity contribution in [2.75, 3.05) is 0 Å². The molecule has 0 bridgehead atoms. The van der Waals surface area contributed by atoms with E-state index in [4.69, 9.17) is 10.5 Å². The zero-order valence-corrected chi connectivity index (χ0v) is 10.7. The van der Waals surface area contributed by atoms with Crippen LogP contribution in [0.1, 0.15) is 24.2 Å². The molecule has 0 saturated carbocycles. The SMILES string of the molecule is Cc1ccc(OC(c2ccncc2)C(C)N)cc1. The summed E-state index contributed by atoms with van der Waals surface area (Å²) in [6, 6.07) is 11.8. The molecule has 18 heavy (non-hydrogen) atoms. The van der Waals surface area contributed by atoms with Crippen molar-refractivity contribution in [1.29, 1.82) is 0 Å². The normalized spacial score (nSPS) is 13.9. The first-order chi connectivity index (χ1) is 8.66. The molecule has 1 aromatic carbocycles. The van der Waals surface area contributed by atoms with Gasteiger partial charge in [-0.25, -0.2) is 0 Å². The van der Waals surface area contributed by atoms with Crippen molar-refractivity contribution in [1.82, 2.24) is 4.98 Å². The summed E-state index contributed by atoms with van der Waals surface area (Å²) in [5.74, 6) is 0.833. The average molecular weight is 242 g/mol. The fourth-order valence-corrected chi connectivity index (χ4v) is 1.80. The van der Waals surface area contributed by atoms with Gasteiger partial charge in [-0.3, -0.25) is 4.98 Å². The molecule has 2 aromatic rings. The molecule has 1 aromatic heterocycles. The predicted molar refractivity (Wildman–Crippen MR) is 72.4 cm³/mol. The lowest BCUT2D eigenvalue weighted by atomic mass is 10.1. The third kappa shape index (κ3) is 3.08. The van der Waals surface area contributed by atoms with Gasteiger partial charge in [-0.15, -0.1) is 0 Å². The van der Waals surface area contributed by atoms with Crippen LogP contribution in [0.5, 0.6) is 5.75 Å². The third-order valence-corrected chi connectivity index (χ3v) is 2.80. The third-order valence-electron chi connectivity index (χ3n) is 2.80. The van der Waals surface area contributed by atoms with Crippen LogP contribution >= 0.6 is 0 Å². The van der Waals surface area contributed by atoms with Crippen molar-refractivity contribution < 1.29 is 4.74 Å². The lowest BCUT2D eigenvalue weighted by Crippen LogP contribution is -2.29. The van der Waals surface area contributed by atoms with E-state index in [9.17, 15) is 0 Å². The van der Waals surface area contributed by atoms with Crippen LogP contribution in [0.3, 0.4) is 0 Å². The first kappa shape index (κ1) is 12.6. The molecule has 0 aliphatic rings. The van der Waals surface area contributed by atoms with Gasteiger partial charge in [0.05, 0.1) is 0 Å². The molecule has 3 nitrogen and oxygen atoms in total. The topological polar surface area (TPSA) is 48.1 Å². The first-order valence-electron chi connectivity index (χ1n) is 6.05. The molecule has 0 fully saturated rings. The number of hydrogen-bond acceptors (Lipinski definition) is 3. The van der Waals surface area contributed by atoms with E-state index in [1.54, 1.807) is 12.4 Å². The number of rotatable bonds is 4. The van der Waals surface area contributed by atoms with E-state index in [1.165, 1.54) is 5.56 Å². The van der Waals surface area contributed by atoms with Crippen molar-refractivity contribution in [3.05, 3.63) is 59.9 Å². The Labute approximate surface area is 108 Å². The molecule has 0 amide bonds. The van der Waals surface area contributed by atoms with Crippen molar-refractivity contribution in [2.45, 2.75) is 26.0 Å². The Hall–Kier alpha value is -1.87. The molecule has 0 saturated heterocycles. The second-order valence-electron chi connectivity index (χ2n) is 4.49. The number of ether oxygens (including phenoxy) is 1. The molecule has 0 aliphatic carbocycles. The first-order valence-corrected chi connectivity index (χ1v) is 6.05. The highest BCUT2D eigenvalue weighted by molar-refractivity contribution is 5.28. The molecule has 3 heteroatoms. The number of aryl methyl sites for hydroxylation is 1.